The molecule has 0 aliphatic carbocycles. The van der Waals surface area contributed by atoms with Gasteiger partial charge in [0.15, 0.2) is 0 Å². The molecule has 1 aromatic carbocycles. The minimum absolute atomic E-state index is 0.122. The Labute approximate surface area is 183 Å². The molecule has 1 aliphatic rings. The van der Waals surface area contributed by atoms with Crippen molar-refractivity contribution in [3.63, 3.8) is 0 Å². The van der Waals surface area contributed by atoms with Crippen molar-refractivity contribution >= 4 is 17.5 Å². The Morgan fingerprint density at radius 1 is 1.23 bits per heavy atom. The Balaban J connectivity index is 1.92. The summed E-state index contributed by atoms with van der Waals surface area (Å²) < 4.78 is 1.57. The second-order valence-electron chi connectivity index (χ2n) is 9.30. The van der Waals surface area contributed by atoms with Crippen LogP contribution in [0.2, 0.25) is 0 Å². The van der Waals surface area contributed by atoms with E-state index in [-0.39, 0.29) is 24.8 Å². The molecule has 2 N–H and O–H groups in total. The van der Waals surface area contributed by atoms with Gasteiger partial charge in [0, 0.05) is 45.4 Å². The molecule has 2 heterocycles. The number of β-amino-alcohol motifs (C(OH)–C–C–N with tert-alkyl or cyclic N) is 1. The first kappa shape index (κ1) is 22.7. The highest BCUT2D eigenvalue weighted by atomic mass is 16.3. The molecular formula is C22H32N6O3. The van der Waals surface area contributed by atoms with Gasteiger partial charge < -0.3 is 20.2 Å². The van der Waals surface area contributed by atoms with Gasteiger partial charge in [-0.2, -0.15) is 0 Å². The first-order chi connectivity index (χ1) is 14.5. The summed E-state index contributed by atoms with van der Waals surface area (Å²) in [4.78, 5) is 29.3. The molecule has 31 heavy (non-hydrogen) atoms. The van der Waals surface area contributed by atoms with Crippen molar-refractivity contribution in [1.82, 2.24) is 25.2 Å². The van der Waals surface area contributed by atoms with Crippen LogP contribution in [-0.4, -0.2) is 76.6 Å². The van der Waals surface area contributed by atoms with E-state index in [4.69, 9.17) is 0 Å². The molecule has 2 aromatic rings. The first-order valence-electron chi connectivity index (χ1n) is 10.4. The zero-order chi connectivity index (χ0) is 22.9. The lowest BCUT2D eigenvalue weighted by Gasteiger charge is -2.34. The third-order valence-corrected chi connectivity index (χ3v) is 5.62. The van der Waals surface area contributed by atoms with Gasteiger partial charge in [-0.1, -0.05) is 38.1 Å². The van der Waals surface area contributed by atoms with E-state index in [1.165, 1.54) is 11.9 Å². The molecule has 168 valence electrons. The Bertz CT molecular complexity index is 931. The lowest BCUT2D eigenvalue weighted by Crippen LogP contribution is -2.49. The molecule has 1 saturated heterocycles. The number of hydrogen-bond donors (Lipinski definition) is 2. The van der Waals surface area contributed by atoms with E-state index >= 15 is 0 Å². The fraction of sp³-hybridized carbons (Fsp3) is 0.545. The van der Waals surface area contributed by atoms with Gasteiger partial charge in [0.2, 0.25) is 11.8 Å². The number of hydrogen-bond acceptors (Lipinski definition) is 6. The molecule has 3 rings (SSSR count). The highest BCUT2D eigenvalue weighted by Crippen LogP contribution is 2.35. The number of benzene rings is 1. The summed E-state index contributed by atoms with van der Waals surface area (Å²) >= 11 is 0. The molecule has 1 fully saturated rings. The van der Waals surface area contributed by atoms with E-state index < -0.39 is 23.6 Å². The van der Waals surface area contributed by atoms with Crippen LogP contribution in [0.3, 0.4) is 0 Å². The number of likely N-dealkylation sites (tertiary alicyclic amines) is 1. The minimum Gasteiger partial charge on any atom is -0.391 e. The van der Waals surface area contributed by atoms with Crippen molar-refractivity contribution in [3.05, 3.63) is 30.5 Å². The summed E-state index contributed by atoms with van der Waals surface area (Å²) in [5.41, 5.74) is 2.15. The number of likely N-dealkylation sites (N-methyl/N-ethyl adjacent to an activating group) is 1. The zero-order valence-electron chi connectivity index (χ0n) is 19.0. The van der Waals surface area contributed by atoms with Crippen LogP contribution in [0.25, 0.3) is 11.3 Å². The number of aliphatic hydroxyl groups is 1. The van der Waals surface area contributed by atoms with Crippen molar-refractivity contribution in [2.75, 3.05) is 32.6 Å². The van der Waals surface area contributed by atoms with E-state index in [1.54, 1.807) is 10.9 Å². The van der Waals surface area contributed by atoms with Crippen LogP contribution < -0.4 is 10.2 Å². The molecule has 0 spiro atoms. The van der Waals surface area contributed by atoms with E-state index in [0.717, 1.165) is 11.3 Å². The van der Waals surface area contributed by atoms with Crippen LogP contribution in [0.15, 0.2) is 30.5 Å². The molecule has 0 radical (unpaired) electrons. The number of nitrogens with one attached hydrogen (secondary N) is 1. The monoisotopic (exact) mass is 428 g/mol. The van der Waals surface area contributed by atoms with Crippen LogP contribution in [0.5, 0.6) is 0 Å². The molecule has 0 bridgehead atoms. The predicted octanol–water partition coefficient (Wildman–Crippen LogP) is 1.31. The average Bonchev–Trinajstić information content (AvgIpc) is 3.33. The zero-order valence-corrected chi connectivity index (χ0v) is 19.0. The van der Waals surface area contributed by atoms with Gasteiger partial charge in [-0.15, -0.1) is 5.10 Å². The van der Waals surface area contributed by atoms with E-state index in [2.05, 4.69) is 15.6 Å². The van der Waals surface area contributed by atoms with E-state index in [1.807, 2.05) is 64.0 Å². The van der Waals surface area contributed by atoms with Crippen LogP contribution >= 0.6 is 0 Å². The molecule has 9 heteroatoms. The lowest BCUT2D eigenvalue weighted by molar-refractivity contribution is -0.144. The molecular weight excluding hydrogens is 396 g/mol. The highest BCUT2D eigenvalue weighted by molar-refractivity contribution is 5.90. The maximum Gasteiger partial charge on any atom is 0.248 e. The smallest absolute Gasteiger partial charge is 0.248 e. The van der Waals surface area contributed by atoms with Gasteiger partial charge in [0.05, 0.1) is 12.3 Å². The fourth-order valence-electron chi connectivity index (χ4n) is 3.98. The van der Waals surface area contributed by atoms with Gasteiger partial charge in [0.1, 0.15) is 17.8 Å². The quantitative estimate of drug-likeness (QED) is 0.744. The van der Waals surface area contributed by atoms with E-state index in [0.29, 0.717) is 5.69 Å². The third kappa shape index (κ3) is 4.71. The molecule has 1 aliphatic heterocycles. The van der Waals surface area contributed by atoms with Crippen LogP contribution in [0.1, 0.15) is 33.2 Å². The average molecular weight is 429 g/mol. The van der Waals surface area contributed by atoms with Crippen molar-refractivity contribution in [1.29, 1.82) is 0 Å². The number of rotatable bonds is 5. The SMILES string of the molecule is CNC(=O)C1CC(O)CN1C(=O)[C@@H](n1cc(-c2ccc(N(C)C)cc2)nn1)C(C)(C)C. The number of carbonyl (C=O) groups is 2. The Morgan fingerprint density at radius 2 is 1.87 bits per heavy atom. The number of aliphatic hydroxyl groups excluding tert-OH is 1. The molecule has 1 aromatic heterocycles. The first-order valence-corrected chi connectivity index (χ1v) is 10.4. The summed E-state index contributed by atoms with van der Waals surface area (Å²) in [7, 11) is 5.49. The van der Waals surface area contributed by atoms with Crippen molar-refractivity contribution in [2.24, 2.45) is 5.41 Å². The summed E-state index contributed by atoms with van der Waals surface area (Å²) in [6.45, 7) is 5.97. The minimum atomic E-state index is -0.728. The third-order valence-electron chi connectivity index (χ3n) is 5.62. The lowest BCUT2D eigenvalue weighted by atomic mass is 9.85. The van der Waals surface area contributed by atoms with Crippen molar-refractivity contribution in [3.8, 4) is 11.3 Å². The van der Waals surface area contributed by atoms with Gasteiger partial charge in [0.25, 0.3) is 0 Å². The summed E-state index contributed by atoms with van der Waals surface area (Å²) in [5.74, 6) is -0.533. The Hall–Kier alpha value is -2.94. The normalized spacial score (nSPS) is 19.9. The Morgan fingerprint density at radius 3 is 2.42 bits per heavy atom. The summed E-state index contributed by atoms with van der Waals surface area (Å²) in [6, 6.07) is 6.57. The van der Waals surface area contributed by atoms with Gasteiger partial charge >= 0.3 is 0 Å². The molecule has 2 unspecified atom stereocenters. The predicted molar refractivity (Wildman–Crippen MR) is 118 cm³/mol. The molecule has 2 amide bonds. The standard InChI is InChI=1S/C22H32N6O3/c1-22(2,3)19(21(31)27-12-16(29)11-18(27)20(30)23-4)28-13-17(24-25-28)14-7-9-15(10-8-14)26(5)6/h7-10,13,16,18-19,29H,11-12H2,1-6H3,(H,23,30)/t16?,18?,19-/m1/s1. The highest BCUT2D eigenvalue weighted by Gasteiger charge is 2.45. The second-order valence-corrected chi connectivity index (χ2v) is 9.30. The van der Waals surface area contributed by atoms with Gasteiger partial charge in [-0.05, 0) is 17.5 Å². The fourth-order valence-corrected chi connectivity index (χ4v) is 3.98. The largest absolute Gasteiger partial charge is 0.391 e. The van der Waals surface area contributed by atoms with Gasteiger partial charge in [-0.25, -0.2) is 4.68 Å². The maximum atomic E-state index is 13.6. The summed E-state index contributed by atoms with van der Waals surface area (Å²) in [5, 5.41) is 21.3. The number of amides is 2. The van der Waals surface area contributed by atoms with E-state index in [9.17, 15) is 14.7 Å². The topological polar surface area (TPSA) is 104 Å². The molecule has 3 atom stereocenters. The molecule has 9 nitrogen and oxygen atoms in total. The van der Waals surface area contributed by atoms with Crippen LogP contribution in [-0.2, 0) is 9.59 Å². The Kier molecular flexibility index (Phi) is 6.35. The van der Waals surface area contributed by atoms with Crippen LogP contribution in [0, 0.1) is 5.41 Å². The number of carbonyl (C=O) groups excluding carboxylic acids is 2. The van der Waals surface area contributed by atoms with Crippen molar-refractivity contribution < 1.29 is 14.7 Å². The van der Waals surface area contributed by atoms with Crippen LogP contribution in [0.4, 0.5) is 5.69 Å². The van der Waals surface area contributed by atoms with Crippen molar-refractivity contribution in [2.45, 2.75) is 45.4 Å². The number of anilines is 1. The number of aromatic nitrogens is 3. The maximum absolute atomic E-state index is 13.6. The molecule has 0 saturated carbocycles. The van der Waals surface area contributed by atoms with Gasteiger partial charge in [-0.3, -0.25) is 9.59 Å². The summed E-state index contributed by atoms with van der Waals surface area (Å²) in [6.07, 6.45) is 1.26. The second kappa shape index (κ2) is 8.66. The number of nitrogens with zero attached hydrogens (tertiary/aromatic N) is 5.